The van der Waals surface area contributed by atoms with E-state index in [2.05, 4.69) is 4.98 Å². The summed E-state index contributed by atoms with van der Waals surface area (Å²) in [5, 5.41) is 0.327. The number of nitrogens with zero attached hydrogens (tertiary/aromatic N) is 1. The monoisotopic (exact) mass is 173 g/mol. The van der Waals surface area contributed by atoms with Crippen molar-refractivity contribution in [1.29, 1.82) is 0 Å². The number of rotatable bonds is 1. The number of aromatic nitrogens is 1. The largest absolute Gasteiger partial charge is 0.238 e. The Morgan fingerprint density at radius 2 is 2.09 bits per heavy atom. The van der Waals surface area contributed by atoms with E-state index in [-0.39, 0.29) is 0 Å². The lowest BCUT2D eigenvalue weighted by Crippen LogP contribution is -2.10. The summed E-state index contributed by atoms with van der Waals surface area (Å²) >= 11 is 5.57. The van der Waals surface area contributed by atoms with E-state index in [1.165, 1.54) is 13.8 Å². The summed E-state index contributed by atoms with van der Waals surface area (Å²) in [6, 6.07) is 4.93. The van der Waals surface area contributed by atoms with Gasteiger partial charge in [0, 0.05) is 0 Å². The van der Waals surface area contributed by atoms with Gasteiger partial charge in [0.25, 0.3) is 0 Å². The maximum absolute atomic E-state index is 13.2. The Hall–Kier alpha value is -0.630. The third kappa shape index (κ3) is 2.15. The van der Waals surface area contributed by atoms with Crippen LogP contribution in [0.1, 0.15) is 19.5 Å². The SMILES string of the molecule is CC(C)(F)c1cccc(Cl)n1. The first-order chi connectivity index (χ1) is 5.00. The molecule has 0 spiro atoms. The van der Waals surface area contributed by atoms with Crippen LogP contribution in [0.3, 0.4) is 0 Å². The van der Waals surface area contributed by atoms with Crippen LogP contribution in [0.4, 0.5) is 4.39 Å². The van der Waals surface area contributed by atoms with E-state index in [0.717, 1.165) is 0 Å². The molecule has 0 fully saturated rings. The Kier molecular flexibility index (Phi) is 2.14. The molecule has 0 radical (unpaired) electrons. The zero-order valence-corrected chi connectivity index (χ0v) is 7.19. The van der Waals surface area contributed by atoms with Crippen molar-refractivity contribution in [1.82, 2.24) is 4.98 Å². The molecule has 0 amide bonds. The normalized spacial score (nSPS) is 11.6. The van der Waals surface area contributed by atoms with Crippen molar-refractivity contribution >= 4 is 11.6 Å². The second-order valence-electron chi connectivity index (χ2n) is 2.82. The third-order valence-corrected chi connectivity index (χ3v) is 1.53. The van der Waals surface area contributed by atoms with Gasteiger partial charge in [0.05, 0.1) is 5.69 Å². The molecule has 0 aromatic carbocycles. The highest BCUT2D eigenvalue weighted by atomic mass is 35.5. The first-order valence-corrected chi connectivity index (χ1v) is 3.70. The predicted octanol–water partition coefficient (Wildman–Crippen LogP) is 2.94. The summed E-state index contributed by atoms with van der Waals surface area (Å²) in [5.74, 6) is 0. The van der Waals surface area contributed by atoms with Crippen LogP contribution < -0.4 is 0 Å². The molecule has 1 rings (SSSR count). The van der Waals surface area contributed by atoms with Gasteiger partial charge >= 0.3 is 0 Å². The van der Waals surface area contributed by atoms with Crippen molar-refractivity contribution in [2.24, 2.45) is 0 Å². The lowest BCUT2D eigenvalue weighted by molar-refractivity contribution is 0.214. The molecule has 1 aromatic rings. The number of halogens is 2. The molecule has 0 atom stereocenters. The highest BCUT2D eigenvalue weighted by Crippen LogP contribution is 2.23. The van der Waals surface area contributed by atoms with E-state index in [4.69, 9.17) is 11.6 Å². The van der Waals surface area contributed by atoms with Crippen LogP contribution in [-0.4, -0.2) is 4.98 Å². The third-order valence-electron chi connectivity index (χ3n) is 1.32. The van der Waals surface area contributed by atoms with Crippen molar-refractivity contribution in [2.45, 2.75) is 19.5 Å². The molecule has 1 nitrogen and oxygen atoms in total. The van der Waals surface area contributed by atoms with E-state index >= 15 is 0 Å². The molecule has 0 aliphatic carbocycles. The lowest BCUT2D eigenvalue weighted by Gasteiger charge is -2.12. The number of hydrogen-bond donors (Lipinski definition) is 0. The van der Waals surface area contributed by atoms with E-state index < -0.39 is 5.67 Å². The molecule has 0 saturated heterocycles. The molecule has 60 valence electrons. The minimum absolute atomic E-state index is 0.327. The minimum atomic E-state index is -1.41. The van der Waals surface area contributed by atoms with Crippen LogP contribution in [0, 0.1) is 0 Å². The average molecular weight is 174 g/mol. The molecule has 0 aliphatic rings. The molecule has 1 aromatic heterocycles. The second-order valence-corrected chi connectivity index (χ2v) is 3.21. The van der Waals surface area contributed by atoms with E-state index in [0.29, 0.717) is 10.8 Å². The summed E-state index contributed by atoms with van der Waals surface area (Å²) in [5.41, 5.74) is -1.05. The smallest absolute Gasteiger partial charge is 0.147 e. The van der Waals surface area contributed by atoms with Crippen LogP contribution in [0.15, 0.2) is 18.2 Å². The van der Waals surface area contributed by atoms with E-state index in [1.807, 2.05) is 0 Å². The topological polar surface area (TPSA) is 12.9 Å². The fraction of sp³-hybridized carbons (Fsp3) is 0.375. The van der Waals surface area contributed by atoms with Crippen molar-refractivity contribution in [3.63, 3.8) is 0 Å². The highest BCUT2D eigenvalue weighted by Gasteiger charge is 2.19. The molecule has 0 N–H and O–H groups in total. The quantitative estimate of drug-likeness (QED) is 0.595. The van der Waals surface area contributed by atoms with Gasteiger partial charge in [-0.25, -0.2) is 9.37 Å². The molecule has 0 saturated carbocycles. The number of alkyl halides is 1. The summed E-state index contributed by atoms with van der Waals surface area (Å²) < 4.78 is 13.2. The second kappa shape index (κ2) is 2.78. The molecule has 0 bridgehead atoms. The maximum atomic E-state index is 13.2. The number of hydrogen-bond acceptors (Lipinski definition) is 1. The fourth-order valence-corrected chi connectivity index (χ4v) is 0.903. The van der Waals surface area contributed by atoms with Gasteiger partial charge in [0.1, 0.15) is 10.8 Å². The predicted molar refractivity (Wildman–Crippen MR) is 43.4 cm³/mol. The Morgan fingerprint density at radius 1 is 1.45 bits per heavy atom. The van der Waals surface area contributed by atoms with Gasteiger partial charge in [0.2, 0.25) is 0 Å². The zero-order valence-electron chi connectivity index (χ0n) is 6.44. The zero-order chi connectivity index (χ0) is 8.48. The standard InChI is InChI=1S/C8H9ClFN/c1-8(2,10)6-4-3-5-7(9)11-6/h3-5H,1-2H3. The maximum Gasteiger partial charge on any atom is 0.147 e. The molecule has 0 aliphatic heterocycles. The van der Waals surface area contributed by atoms with E-state index in [1.54, 1.807) is 18.2 Å². The first kappa shape index (κ1) is 8.47. The summed E-state index contributed by atoms with van der Waals surface area (Å²) in [7, 11) is 0. The average Bonchev–Trinajstić information content (AvgIpc) is 1.86. The van der Waals surface area contributed by atoms with Gasteiger partial charge in [-0.15, -0.1) is 0 Å². The molecular formula is C8H9ClFN. The van der Waals surface area contributed by atoms with Crippen LogP contribution in [-0.2, 0) is 5.67 Å². The lowest BCUT2D eigenvalue weighted by atomic mass is 10.1. The van der Waals surface area contributed by atoms with Gasteiger partial charge in [-0.3, -0.25) is 0 Å². The van der Waals surface area contributed by atoms with Gasteiger partial charge < -0.3 is 0 Å². The van der Waals surface area contributed by atoms with Crippen LogP contribution in [0.2, 0.25) is 5.15 Å². The van der Waals surface area contributed by atoms with Crippen molar-refractivity contribution in [2.75, 3.05) is 0 Å². The molecule has 0 unspecified atom stereocenters. The van der Waals surface area contributed by atoms with Crippen molar-refractivity contribution in [3.8, 4) is 0 Å². The van der Waals surface area contributed by atoms with Gasteiger partial charge in [0.15, 0.2) is 0 Å². The summed E-state index contributed by atoms with van der Waals surface area (Å²) in [4.78, 5) is 3.83. The minimum Gasteiger partial charge on any atom is -0.238 e. The highest BCUT2D eigenvalue weighted by molar-refractivity contribution is 6.29. The molecule has 1 heterocycles. The molecule has 3 heteroatoms. The van der Waals surface area contributed by atoms with Crippen molar-refractivity contribution < 1.29 is 4.39 Å². The Morgan fingerprint density at radius 3 is 2.45 bits per heavy atom. The number of pyridine rings is 1. The van der Waals surface area contributed by atoms with Gasteiger partial charge in [-0.2, -0.15) is 0 Å². The van der Waals surface area contributed by atoms with Crippen molar-refractivity contribution in [3.05, 3.63) is 29.0 Å². The molecule has 11 heavy (non-hydrogen) atoms. The Labute approximate surface area is 70.2 Å². The van der Waals surface area contributed by atoms with Crippen LogP contribution in [0.5, 0.6) is 0 Å². The summed E-state index contributed by atoms with van der Waals surface area (Å²) in [6.45, 7) is 2.90. The van der Waals surface area contributed by atoms with Gasteiger partial charge in [-0.1, -0.05) is 17.7 Å². The fourth-order valence-electron chi connectivity index (χ4n) is 0.739. The first-order valence-electron chi connectivity index (χ1n) is 3.32. The van der Waals surface area contributed by atoms with Gasteiger partial charge in [-0.05, 0) is 26.0 Å². The molecular weight excluding hydrogens is 165 g/mol. The van der Waals surface area contributed by atoms with Crippen LogP contribution >= 0.6 is 11.6 Å². The summed E-state index contributed by atoms with van der Waals surface area (Å²) in [6.07, 6.45) is 0. The Bertz CT molecular complexity index is 255. The van der Waals surface area contributed by atoms with E-state index in [9.17, 15) is 4.39 Å². The van der Waals surface area contributed by atoms with Crippen LogP contribution in [0.25, 0.3) is 0 Å². The Balaban J connectivity index is 3.06.